The summed E-state index contributed by atoms with van der Waals surface area (Å²) in [4.78, 5) is 38.3. The number of carbonyl (C=O) groups is 3. The minimum absolute atomic E-state index is 0.366. The summed E-state index contributed by atoms with van der Waals surface area (Å²) in [6, 6.07) is 13.5. The first-order chi connectivity index (χ1) is 11.5. The molecule has 1 unspecified atom stereocenters. The summed E-state index contributed by atoms with van der Waals surface area (Å²) < 4.78 is 5.12. The molecule has 1 heterocycles. The molecule has 1 atom stereocenters. The fourth-order valence-corrected chi connectivity index (χ4v) is 2.72. The van der Waals surface area contributed by atoms with E-state index < -0.39 is 23.6 Å². The van der Waals surface area contributed by atoms with Crippen LogP contribution in [-0.4, -0.2) is 36.8 Å². The topological polar surface area (TPSA) is 75.7 Å². The van der Waals surface area contributed by atoms with Gasteiger partial charge in [-0.3, -0.25) is 19.3 Å². The van der Waals surface area contributed by atoms with E-state index in [0.29, 0.717) is 22.6 Å². The van der Waals surface area contributed by atoms with Crippen molar-refractivity contribution in [2.45, 2.75) is 5.92 Å². The summed E-state index contributed by atoms with van der Waals surface area (Å²) in [5, 5.41) is 2.72. The second-order valence-corrected chi connectivity index (χ2v) is 5.44. The third-order valence-corrected chi connectivity index (χ3v) is 3.98. The van der Waals surface area contributed by atoms with Gasteiger partial charge in [-0.2, -0.15) is 0 Å². The lowest BCUT2D eigenvalue weighted by molar-refractivity contribution is -0.134. The maximum atomic E-state index is 12.7. The van der Waals surface area contributed by atoms with Gasteiger partial charge in [0.2, 0.25) is 11.8 Å². The van der Waals surface area contributed by atoms with Crippen LogP contribution in [-0.2, 0) is 9.59 Å². The Kier molecular flexibility index (Phi) is 4.04. The van der Waals surface area contributed by atoms with Crippen LogP contribution in [0.1, 0.15) is 21.8 Å². The molecule has 1 N–H and O–H groups in total. The van der Waals surface area contributed by atoms with Crippen molar-refractivity contribution in [3.63, 3.8) is 0 Å². The van der Waals surface area contributed by atoms with Gasteiger partial charge in [-0.05, 0) is 23.8 Å². The van der Waals surface area contributed by atoms with Crippen LogP contribution in [0.4, 0.5) is 5.69 Å². The zero-order valence-corrected chi connectivity index (χ0v) is 13.3. The van der Waals surface area contributed by atoms with E-state index in [1.165, 1.54) is 14.2 Å². The lowest BCUT2D eigenvalue weighted by atomic mass is 9.88. The van der Waals surface area contributed by atoms with Crippen molar-refractivity contribution in [2.75, 3.05) is 19.5 Å². The van der Waals surface area contributed by atoms with Crippen molar-refractivity contribution in [1.82, 2.24) is 4.90 Å². The van der Waals surface area contributed by atoms with Gasteiger partial charge in [0.15, 0.2) is 0 Å². The molecular formula is C18H16N2O4. The Hall–Kier alpha value is -3.15. The molecule has 24 heavy (non-hydrogen) atoms. The van der Waals surface area contributed by atoms with Crippen LogP contribution < -0.4 is 10.1 Å². The van der Waals surface area contributed by atoms with Crippen molar-refractivity contribution >= 4 is 23.4 Å². The highest BCUT2D eigenvalue weighted by molar-refractivity contribution is 6.20. The third-order valence-electron chi connectivity index (χ3n) is 3.98. The fourth-order valence-electron chi connectivity index (χ4n) is 2.72. The molecule has 1 aliphatic heterocycles. The summed E-state index contributed by atoms with van der Waals surface area (Å²) >= 11 is 0. The van der Waals surface area contributed by atoms with E-state index in [2.05, 4.69) is 5.32 Å². The predicted octanol–water partition coefficient (Wildman–Crippen LogP) is 2.03. The van der Waals surface area contributed by atoms with Crippen molar-refractivity contribution < 1.29 is 19.1 Å². The van der Waals surface area contributed by atoms with Crippen molar-refractivity contribution in [3.05, 3.63) is 59.7 Å². The highest BCUT2D eigenvalue weighted by Crippen LogP contribution is 2.30. The molecule has 2 aromatic carbocycles. The Bertz CT molecular complexity index is 831. The molecular weight excluding hydrogens is 308 g/mol. The Balaban J connectivity index is 1.95. The number of anilines is 1. The van der Waals surface area contributed by atoms with Gasteiger partial charge in [0.05, 0.1) is 7.11 Å². The average Bonchev–Trinajstić information content (AvgIpc) is 2.60. The predicted molar refractivity (Wildman–Crippen MR) is 87.9 cm³/mol. The number of nitrogens with one attached hydrogen (secondary N) is 1. The van der Waals surface area contributed by atoms with Gasteiger partial charge in [0.1, 0.15) is 11.7 Å². The molecule has 0 spiro atoms. The normalized spacial score (nSPS) is 16.6. The van der Waals surface area contributed by atoms with Crippen LogP contribution >= 0.6 is 0 Å². The molecule has 2 aromatic rings. The van der Waals surface area contributed by atoms with Crippen LogP contribution in [0.5, 0.6) is 5.75 Å². The van der Waals surface area contributed by atoms with E-state index in [-0.39, 0.29) is 0 Å². The minimum Gasteiger partial charge on any atom is -0.497 e. The third kappa shape index (κ3) is 2.62. The molecule has 122 valence electrons. The quantitative estimate of drug-likeness (QED) is 0.692. The van der Waals surface area contributed by atoms with Crippen LogP contribution in [0.25, 0.3) is 0 Å². The van der Waals surface area contributed by atoms with Gasteiger partial charge < -0.3 is 10.1 Å². The second-order valence-electron chi connectivity index (χ2n) is 5.44. The first-order valence-corrected chi connectivity index (χ1v) is 7.38. The molecule has 0 bridgehead atoms. The van der Waals surface area contributed by atoms with E-state index in [9.17, 15) is 14.4 Å². The monoisotopic (exact) mass is 324 g/mol. The molecule has 3 amide bonds. The Labute approximate surface area is 139 Å². The Morgan fingerprint density at radius 2 is 1.88 bits per heavy atom. The van der Waals surface area contributed by atoms with Crippen LogP contribution in [0, 0.1) is 0 Å². The molecule has 0 saturated carbocycles. The number of fused-ring (bicyclic) bond motifs is 1. The first kappa shape index (κ1) is 15.7. The Morgan fingerprint density at radius 3 is 2.62 bits per heavy atom. The summed E-state index contributed by atoms with van der Waals surface area (Å²) in [6.45, 7) is 0. The number of ether oxygens (including phenoxy) is 1. The number of carbonyl (C=O) groups excluding carboxylic acids is 3. The number of amides is 3. The molecule has 0 aliphatic carbocycles. The van der Waals surface area contributed by atoms with E-state index in [1.807, 2.05) is 0 Å². The molecule has 0 fully saturated rings. The van der Waals surface area contributed by atoms with Crippen molar-refractivity contribution in [2.24, 2.45) is 0 Å². The number of benzene rings is 2. The fraction of sp³-hybridized carbons (Fsp3) is 0.167. The van der Waals surface area contributed by atoms with Gasteiger partial charge in [-0.25, -0.2) is 0 Å². The smallest absolute Gasteiger partial charge is 0.260 e. The second kappa shape index (κ2) is 6.16. The molecule has 0 aromatic heterocycles. The number of likely N-dealkylation sites (N-methyl/N-ethyl adjacent to an activating group) is 1. The Morgan fingerprint density at radius 1 is 1.12 bits per heavy atom. The number of methoxy groups -OCH3 is 1. The number of rotatable bonds is 3. The lowest BCUT2D eigenvalue weighted by Gasteiger charge is -2.29. The van der Waals surface area contributed by atoms with Gasteiger partial charge in [0.25, 0.3) is 5.91 Å². The van der Waals surface area contributed by atoms with Gasteiger partial charge in [0, 0.05) is 24.4 Å². The number of hydrogen-bond donors (Lipinski definition) is 1. The zero-order valence-electron chi connectivity index (χ0n) is 13.3. The molecule has 1 aliphatic rings. The van der Waals surface area contributed by atoms with Crippen LogP contribution in [0.15, 0.2) is 48.5 Å². The summed E-state index contributed by atoms with van der Waals surface area (Å²) in [5.74, 6) is -1.90. The zero-order chi connectivity index (χ0) is 17.3. The number of nitrogens with zero attached hydrogens (tertiary/aromatic N) is 1. The SMILES string of the molecule is COc1cccc(NC(=O)C2C(=O)N(C)C(=O)c3ccccc32)c1. The van der Waals surface area contributed by atoms with E-state index in [0.717, 1.165) is 4.90 Å². The van der Waals surface area contributed by atoms with E-state index in [4.69, 9.17) is 4.74 Å². The largest absolute Gasteiger partial charge is 0.497 e. The van der Waals surface area contributed by atoms with Crippen molar-refractivity contribution in [3.8, 4) is 5.75 Å². The van der Waals surface area contributed by atoms with E-state index >= 15 is 0 Å². The maximum absolute atomic E-state index is 12.7. The number of imide groups is 1. The lowest BCUT2D eigenvalue weighted by Crippen LogP contribution is -2.46. The minimum atomic E-state index is -1.06. The summed E-state index contributed by atoms with van der Waals surface area (Å²) in [7, 11) is 2.91. The standard InChI is InChI=1S/C18H16N2O4/c1-20-17(22)14-9-4-3-8-13(14)15(18(20)23)16(21)19-11-6-5-7-12(10-11)24-2/h3-10,15H,1-2H3,(H,19,21). The average molecular weight is 324 g/mol. The molecule has 6 nitrogen and oxygen atoms in total. The summed E-state index contributed by atoms with van der Waals surface area (Å²) in [5.41, 5.74) is 1.31. The molecule has 6 heteroatoms. The summed E-state index contributed by atoms with van der Waals surface area (Å²) in [6.07, 6.45) is 0. The van der Waals surface area contributed by atoms with Gasteiger partial charge >= 0.3 is 0 Å². The van der Waals surface area contributed by atoms with Gasteiger partial charge in [-0.15, -0.1) is 0 Å². The maximum Gasteiger partial charge on any atom is 0.260 e. The first-order valence-electron chi connectivity index (χ1n) is 7.38. The van der Waals surface area contributed by atoms with Crippen LogP contribution in [0.2, 0.25) is 0 Å². The molecule has 0 radical (unpaired) electrons. The van der Waals surface area contributed by atoms with Gasteiger partial charge in [-0.1, -0.05) is 24.3 Å². The highest BCUT2D eigenvalue weighted by Gasteiger charge is 2.40. The highest BCUT2D eigenvalue weighted by atomic mass is 16.5. The number of hydrogen-bond acceptors (Lipinski definition) is 4. The molecule has 3 rings (SSSR count). The van der Waals surface area contributed by atoms with E-state index in [1.54, 1.807) is 48.5 Å². The van der Waals surface area contributed by atoms with Crippen molar-refractivity contribution in [1.29, 1.82) is 0 Å². The van der Waals surface area contributed by atoms with Crippen LogP contribution in [0.3, 0.4) is 0 Å². The molecule has 0 saturated heterocycles.